The average Bonchev–Trinajstić information content (AvgIpc) is 2.58. The molecule has 1 aliphatic rings. The number of carbonyl (C=O) groups is 1. The monoisotopic (exact) mass is 368 g/mol. The van der Waals surface area contributed by atoms with Gasteiger partial charge in [0, 0.05) is 30.8 Å². The van der Waals surface area contributed by atoms with E-state index in [-0.39, 0.29) is 11.9 Å². The molecule has 0 aromatic heterocycles. The van der Waals surface area contributed by atoms with Crippen molar-refractivity contribution in [1.29, 1.82) is 0 Å². The van der Waals surface area contributed by atoms with Gasteiger partial charge in [-0.1, -0.05) is 12.1 Å². The molecule has 1 amide bonds. The van der Waals surface area contributed by atoms with Crippen molar-refractivity contribution >= 4 is 22.0 Å². The van der Waals surface area contributed by atoms with E-state index in [9.17, 15) is 13.2 Å². The van der Waals surface area contributed by atoms with Crippen LogP contribution < -0.4 is 14.2 Å². The number of likely N-dealkylation sites (tertiary alicyclic amines) is 1. The fourth-order valence-corrected chi connectivity index (χ4v) is 3.67. The summed E-state index contributed by atoms with van der Waals surface area (Å²) >= 11 is 0. The van der Waals surface area contributed by atoms with E-state index in [4.69, 9.17) is 9.47 Å². The lowest BCUT2D eigenvalue weighted by Crippen LogP contribution is -2.45. The summed E-state index contributed by atoms with van der Waals surface area (Å²) in [5.74, 6) is 1.07. The predicted octanol–water partition coefficient (Wildman–Crippen LogP) is 1.26. The maximum atomic E-state index is 12.3. The third-order valence-corrected chi connectivity index (χ3v) is 4.79. The van der Waals surface area contributed by atoms with Gasteiger partial charge in [0.15, 0.2) is 11.5 Å². The minimum absolute atomic E-state index is 0.109. The first-order valence-corrected chi connectivity index (χ1v) is 9.88. The average molecular weight is 368 g/mol. The summed E-state index contributed by atoms with van der Waals surface area (Å²) < 4.78 is 35.7. The van der Waals surface area contributed by atoms with Gasteiger partial charge in [0.1, 0.15) is 0 Å². The molecule has 7 nitrogen and oxygen atoms in total. The van der Waals surface area contributed by atoms with Crippen LogP contribution >= 0.6 is 0 Å². The molecule has 1 N–H and O–H groups in total. The largest absolute Gasteiger partial charge is 0.493 e. The van der Waals surface area contributed by atoms with Gasteiger partial charge in [-0.05, 0) is 25.0 Å². The molecule has 2 rings (SSSR count). The van der Waals surface area contributed by atoms with Gasteiger partial charge in [0.2, 0.25) is 15.9 Å². The number of para-hydroxylation sites is 1. The number of hydrogen-bond donors (Lipinski definition) is 1. The summed E-state index contributed by atoms with van der Waals surface area (Å²) in [7, 11) is -0.102. The Hall–Kier alpha value is -2.06. The zero-order valence-corrected chi connectivity index (χ0v) is 15.5. The second kappa shape index (κ2) is 8.35. The van der Waals surface area contributed by atoms with Crippen molar-refractivity contribution in [1.82, 2.24) is 9.62 Å². The first-order valence-electron chi connectivity index (χ1n) is 7.99. The fourth-order valence-electron chi connectivity index (χ4n) is 2.83. The molecular weight excluding hydrogens is 344 g/mol. The Morgan fingerprint density at radius 1 is 1.24 bits per heavy atom. The Balaban J connectivity index is 1.98. The highest BCUT2D eigenvalue weighted by molar-refractivity contribution is 7.88. The molecule has 8 heteroatoms. The zero-order valence-electron chi connectivity index (χ0n) is 14.7. The number of ether oxygens (including phenoxy) is 2. The third-order valence-electron chi connectivity index (χ3n) is 4.03. The standard InChI is InChI=1S/C17H24N2O5S/c1-23-15-6-4-5-13(17(15)24-2)7-8-16(20)19-11-9-14(10-12-19)18-25(3,21)22/h4-8,14,18H,9-12H2,1-3H3/b8-7+. The molecule has 0 saturated carbocycles. The maximum Gasteiger partial charge on any atom is 0.246 e. The summed E-state index contributed by atoms with van der Waals surface area (Å²) in [6.07, 6.45) is 5.56. The van der Waals surface area contributed by atoms with Crippen LogP contribution in [0.25, 0.3) is 6.08 Å². The fraction of sp³-hybridized carbons (Fsp3) is 0.471. The number of amides is 1. The Morgan fingerprint density at radius 2 is 1.92 bits per heavy atom. The summed E-state index contributed by atoms with van der Waals surface area (Å²) in [4.78, 5) is 14.1. The molecule has 25 heavy (non-hydrogen) atoms. The van der Waals surface area contributed by atoms with Crippen molar-refractivity contribution in [3.8, 4) is 11.5 Å². The molecule has 0 aliphatic carbocycles. The lowest BCUT2D eigenvalue weighted by Gasteiger charge is -2.31. The zero-order chi connectivity index (χ0) is 18.4. The van der Waals surface area contributed by atoms with Crippen molar-refractivity contribution in [3.05, 3.63) is 29.8 Å². The van der Waals surface area contributed by atoms with Crippen LogP contribution in [-0.2, 0) is 14.8 Å². The molecule has 0 bridgehead atoms. The van der Waals surface area contributed by atoms with Gasteiger partial charge in [-0.3, -0.25) is 4.79 Å². The SMILES string of the molecule is COc1cccc(/C=C/C(=O)N2CCC(NS(C)(=O)=O)CC2)c1OC. The molecule has 0 spiro atoms. The summed E-state index contributed by atoms with van der Waals surface area (Å²) in [6.45, 7) is 1.04. The van der Waals surface area contributed by atoms with Gasteiger partial charge >= 0.3 is 0 Å². The molecule has 1 heterocycles. The van der Waals surface area contributed by atoms with E-state index >= 15 is 0 Å². The molecular formula is C17H24N2O5S. The molecule has 1 aliphatic heterocycles. The van der Waals surface area contributed by atoms with Crippen LogP contribution in [0.1, 0.15) is 18.4 Å². The number of hydrogen-bond acceptors (Lipinski definition) is 5. The van der Waals surface area contributed by atoms with Crippen LogP contribution in [-0.4, -0.2) is 58.8 Å². The van der Waals surface area contributed by atoms with Crippen molar-refractivity contribution < 1.29 is 22.7 Å². The summed E-state index contributed by atoms with van der Waals surface area (Å²) in [5.41, 5.74) is 0.754. The molecule has 1 aromatic rings. The number of benzene rings is 1. The normalized spacial score (nSPS) is 16.2. The van der Waals surface area contributed by atoms with Crippen LogP contribution in [0.5, 0.6) is 11.5 Å². The van der Waals surface area contributed by atoms with Gasteiger partial charge in [0.05, 0.1) is 20.5 Å². The Labute approximate surface area is 148 Å². The number of piperidine rings is 1. The van der Waals surface area contributed by atoms with Gasteiger partial charge < -0.3 is 14.4 Å². The topological polar surface area (TPSA) is 84.9 Å². The number of nitrogens with one attached hydrogen (secondary N) is 1. The Morgan fingerprint density at radius 3 is 2.48 bits per heavy atom. The number of nitrogens with zero attached hydrogens (tertiary/aromatic N) is 1. The number of sulfonamides is 1. The Kier molecular flexibility index (Phi) is 6.44. The van der Waals surface area contributed by atoms with Crippen molar-refractivity contribution in [2.75, 3.05) is 33.6 Å². The molecule has 138 valence electrons. The minimum Gasteiger partial charge on any atom is -0.493 e. The van der Waals surface area contributed by atoms with Gasteiger partial charge in [-0.15, -0.1) is 0 Å². The van der Waals surface area contributed by atoms with Crippen molar-refractivity contribution in [2.45, 2.75) is 18.9 Å². The van der Waals surface area contributed by atoms with E-state index in [2.05, 4.69) is 4.72 Å². The predicted molar refractivity (Wildman–Crippen MR) is 96.2 cm³/mol. The molecule has 1 saturated heterocycles. The molecule has 0 atom stereocenters. The number of carbonyl (C=O) groups excluding carboxylic acids is 1. The smallest absolute Gasteiger partial charge is 0.246 e. The van der Waals surface area contributed by atoms with Crippen LogP contribution in [0.2, 0.25) is 0 Å². The molecule has 0 radical (unpaired) electrons. The lowest BCUT2D eigenvalue weighted by molar-refractivity contribution is -0.126. The lowest BCUT2D eigenvalue weighted by atomic mass is 10.1. The Bertz CT molecular complexity index is 737. The van der Waals surface area contributed by atoms with Crippen molar-refractivity contribution in [3.63, 3.8) is 0 Å². The summed E-state index contributed by atoms with van der Waals surface area (Å²) in [5, 5.41) is 0. The quantitative estimate of drug-likeness (QED) is 0.764. The molecule has 1 aromatic carbocycles. The van der Waals surface area contributed by atoms with E-state index in [1.54, 1.807) is 31.3 Å². The molecule has 1 fully saturated rings. The first-order chi connectivity index (χ1) is 11.8. The van der Waals surface area contributed by atoms with Gasteiger partial charge in [-0.2, -0.15) is 0 Å². The minimum atomic E-state index is -3.22. The highest BCUT2D eigenvalue weighted by atomic mass is 32.2. The third kappa shape index (κ3) is 5.47. The van der Waals surface area contributed by atoms with Gasteiger partial charge in [0.25, 0.3) is 0 Å². The second-order valence-corrected chi connectivity index (χ2v) is 7.69. The first kappa shape index (κ1) is 19.3. The number of rotatable bonds is 6. The van der Waals surface area contributed by atoms with E-state index in [0.29, 0.717) is 37.4 Å². The maximum absolute atomic E-state index is 12.3. The number of methoxy groups -OCH3 is 2. The van der Waals surface area contributed by atoms with Crippen LogP contribution in [0, 0.1) is 0 Å². The van der Waals surface area contributed by atoms with Crippen molar-refractivity contribution in [2.24, 2.45) is 0 Å². The van der Waals surface area contributed by atoms with Crippen LogP contribution in [0.3, 0.4) is 0 Å². The van der Waals surface area contributed by atoms with Gasteiger partial charge in [-0.25, -0.2) is 13.1 Å². The van der Waals surface area contributed by atoms with E-state index < -0.39 is 10.0 Å². The second-order valence-electron chi connectivity index (χ2n) is 5.91. The molecule has 0 unspecified atom stereocenters. The van der Waals surface area contributed by atoms with Crippen LogP contribution in [0.15, 0.2) is 24.3 Å². The highest BCUT2D eigenvalue weighted by Gasteiger charge is 2.23. The van der Waals surface area contributed by atoms with E-state index in [1.807, 2.05) is 12.1 Å². The highest BCUT2D eigenvalue weighted by Crippen LogP contribution is 2.31. The van der Waals surface area contributed by atoms with E-state index in [0.717, 1.165) is 11.8 Å². The van der Waals surface area contributed by atoms with Crippen LogP contribution in [0.4, 0.5) is 0 Å². The van der Waals surface area contributed by atoms with E-state index in [1.165, 1.54) is 6.08 Å². The summed E-state index contributed by atoms with van der Waals surface area (Å²) in [6, 6.07) is 5.35.